The fraction of sp³-hybridized carbons (Fsp3) is 0.294. The lowest BCUT2D eigenvalue weighted by atomic mass is 10.0. The second kappa shape index (κ2) is 14.1. The normalized spacial score (nSPS) is 16.6. The van der Waals surface area contributed by atoms with E-state index < -0.39 is 41.9 Å². The van der Waals surface area contributed by atoms with E-state index in [4.69, 9.17) is 11.5 Å². The molecule has 0 radical (unpaired) electrons. The van der Waals surface area contributed by atoms with E-state index in [1.807, 2.05) is 54.6 Å². The van der Waals surface area contributed by atoms with Gasteiger partial charge < -0.3 is 37.1 Å². The zero-order chi connectivity index (χ0) is 31.9. The van der Waals surface area contributed by atoms with Gasteiger partial charge in [0.1, 0.15) is 23.9 Å². The molecule has 0 aliphatic carbocycles. The summed E-state index contributed by atoms with van der Waals surface area (Å²) >= 11 is 0. The first-order valence-electron chi connectivity index (χ1n) is 15.0. The predicted octanol–water partition coefficient (Wildman–Crippen LogP) is 2.19. The Balaban J connectivity index is 1.32. The average molecular weight is 611 g/mol. The van der Waals surface area contributed by atoms with Crippen LogP contribution in [0.15, 0.2) is 85.1 Å². The summed E-state index contributed by atoms with van der Waals surface area (Å²) in [4.78, 5) is 57.8. The summed E-state index contributed by atoms with van der Waals surface area (Å²) in [5, 5.41) is 16.1. The summed E-state index contributed by atoms with van der Waals surface area (Å²) in [6.07, 6.45) is 3.17. The van der Waals surface area contributed by atoms with Crippen LogP contribution < -0.4 is 22.1 Å². The number of para-hydroxylation sites is 1. The van der Waals surface area contributed by atoms with Gasteiger partial charge in [-0.15, -0.1) is 0 Å². The highest BCUT2D eigenvalue weighted by atomic mass is 16.3. The van der Waals surface area contributed by atoms with E-state index in [0.29, 0.717) is 24.9 Å². The molecule has 0 bridgehead atoms. The van der Waals surface area contributed by atoms with Crippen LogP contribution in [0.4, 0.5) is 0 Å². The molecular formula is C34H38N6O5. The van der Waals surface area contributed by atoms with Crippen molar-refractivity contribution in [2.75, 3.05) is 6.54 Å². The molecule has 4 unspecified atom stereocenters. The van der Waals surface area contributed by atoms with Crippen molar-refractivity contribution in [1.29, 1.82) is 0 Å². The number of carbonyl (C=O) groups is 4. The maximum Gasteiger partial charge on any atom is 0.243 e. The van der Waals surface area contributed by atoms with Gasteiger partial charge in [0.05, 0.1) is 0 Å². The number of amides is 4. The number of likely N-dealkylation sites (tertiary alicyclic amines) is 1. The quantitative estimate of drug-likeness (QED) is 0.143. The lowest BCUT2D eigenvalue weighted by Crippen LogP contribution is -2.57. The second-order valence-corrected chi connectivity index (χ2v) is 11.4. The number of aromatic amines is 1. The van der Waals surface area contributed by atoms with Crippen LogP contribution in [0.25, 0.3) is 10.9 Å². The molecule has 234 valence electrons. The van der Waals surface area contributed by atoms with E-state index >= 15 is 0 Å². The van der Waals surface area contributed by atoms with Crippen molar-refractivity contribution >= 4 is 34.5 Å². The van der Waals surface area contributed by atoms with Gasteiger partial charge in [0, 0.05) is 48.9 Å². The Hall–Kier alpha value is -5.16. The van der Waals surface area contributed by atoms with E-state index in [-0.39, 0.29) is 30.9 Å². The molecule has 4 atom stereocenters. The number of hydrogen-bond donors (Lipinski definition) is 6. The standard InChI is InChI=1S/C34H38N6O5/c35-26(22-12-14-24(41)15-13-22)19-31(42)40-16-6-11-30(40)34(45)39-29(18-23-20-37-27-10-5-4-9-25(23)27)33(44)38-28(32(36)43)17-21-7-2-1-3-8-21/h1-5,7-10,12-15,20,26,28-30,37,41H,6,11,16-19,35H2,(H2,36,43)(H,38,44)(H,39,45). The molecule has 1 aromatic heterocycles. The van der Waals surface area contributed by atoms with Crippen LogP contribution in [0.5, 0.6) is 5.75 Å². The van der Waals surface area contributed by atoms with Crippen molar-refractivity contribution in [2.45, 2.75) is 56.3 Å². The molecule has 45 heavy (non-hydrogen) atoms. The number of fused-ring (bicyclic) bond motifs is 1. The number of nitrogens with one attached hydrogen (secondary N) is 3. The van der Waals surface area contributed by atoms with Gasteiger partial charge in [0.15, 0.2) is 0 Å². The van der Waals surface area contributed by atoms with Crippen LogP contribution in [0.2, 0.25) is 0 Å². The van der Waals surface area contributed by atoms with Gasteiger partial charge in [-0.2, -0.15) is 0 Å². The highest BCUT2D eigenvalue weighted by Crippen LogP contribution is 2.24. The molecule has 0 spiro atoms. The van der Waals surface area contributed by atoms with E-state index in [2.05, 4.69) is 15.6 Å². The molecule has 1 fully saturated rings. The maximum absolute atomic E-state index is 13.7. The van der Waals surface area contributed by atoms with Crippen molar-refractivity contribution in [3.05, 3.63) is 102 Å². The fourth-order valence-electron chi connectivity index (χ4n) is 5.83. The smallest absolute Gasteiger partial charge is 0.243 e. The number of nitrogens with zero attached hydrogens (tertiary/aromatic N) is 1. The Bertz CT molecular complexity index is 1650. The van der Waals surface area contributed by atoms with Crippen LogP contribution in [0.1, 0.15) is 42.0 Å². The van der Waals surface area contributed by atoms with Crippen molar-refractivity contribution in [2.24, 2.45) is 11.5 Å². The minimum absolute atomic E-state index is 0.0203. The highest BCUT2D eigenvalue weighted by Gasteiger charge is 2.37. The number of benzene rings is 3. The van der Waals surface area contributed by atoms with E-state index in [1.165, 1.54) is 17.0 Å². The first kappa shape index (κ1) is 31.3. The maximum atomic E-state index is 13.7. The lowest BCUT2D eigenvalue weighted by molar-refractivity contribution is -0.140. The number of rotatable bonds is 12. The van der Waals surface area contributed by atoms with E-state index in [9.17, 15) is 24.3 Å². The van der Waals surface area contributed by atoms with Crippen molar-refractivity contribution in [3.8, 4) is 5.75 Å². The molecule has 5 rings (SSSR count). The summed E-state index contributed by atoms with van der Waals surface area (Å²) in [7, 11) is 0. The molecule has 1 aliphatic rings. The molecule has 4 aromatic rings. The van der Waals surface area contributed by atoms with Gasteiger partial charge in [-0.25, -0.2) is 0 Å². The first-order valence-corrected chi connectivity index (χ1v) is 15.0. The Kier molecular flexibility index (Phi) is 9.79. The van der Waals surface area contributed by atoms with E-state index in [0.717, 1.165) is 22.0 Å². The molecule has 1 saturated heterocycles. The van der Waals surface area contributed by atoms with Gasteiger partial charge >= 0.3 is 0 Å². The topological polar surface area (TPSA) is 184 Å². The van der Waals surface area contributed by atoms with Crippen LogP contribution in [-0.2, 0) is 32.0 Å². The number of phenols is 1. The number of aromatic hydroxyl groups is 1. The second-order valence-electron chi connectivity index (χ2n) is 11.4. The van der Waals surface area contributed by atoms with Gasteiger partial charge in [0.25, 0.3) is 0 Å². The third-order valence-corrected chi connectivity index (χ3v) is 8.27. The minimum atomic E-state index is -1.05. The molecule has 3 aromatic carbocycles. The molecule has 8 N–H and O–H groups in total. The summed E-state index contributed by atoms with van der Waals surface area (Å²) in [5.74, 6) is -1.89. The number of hydrogen-bond acceptors (Lipinski definition) is 6. The Labute approximate surface area is 261 Å². The zero-order valence-electron chi connectivity index (χ0n) is 24.8. The average Bonchev–Trinajstić information content (AvgIpc) is 3.69. The zero-order valence-corrected chi connectivity index (χ0v) is 24.8. The van der Waals surface area contributed by atoms with Crippen molar-refractivity contribution in [3.63, 3.8) is 0 Å². The number of primary amides is 1. The Morgan fingerprint density at radius 3 is 2.36 bits per heavy atom. The number of nitrogens with two attached hydrogens (primary N) is 2. The molecule has 11 nitrogen and oxygen atoms in total. The van der Waals surface area contributed by atoms with Gasteiger partial charge in [-0.1, -0.05) is 60.7 Å². The monoisotopic (exact) mass is 610 g/mol. The van der Waals surface area contributed by atoms with Gasteiger partial charge in [-0.3, -0.25) is 19.2 Å². The summed E-state index contributed by atoms with van der Waals surface area (Å²) in [5.41, 5.74) is 15.2. The summed E-state index contributed by atoms with van der Waals surface area (Å²) < 4.78 is 0. The van der Waals surface area contributed by atoms with Crippen molar-refractivity contribution < 1.29 is 24.3 Å². The number of carbonyl (C=O) groups excluding carboxylic acids is 4. The Morgan fingerprint density at radius 2 is 1.62 bits per heavy atom. The Morgan fingerprint density at radius 1 is 0.911 bits per heavy atom. The number of phenolic OH excluding ortho intramolecular Hbond substituents is 1. The molecular weight excluding hydrogens is 572 g/mol. The van der Waals surface area contributed by atoms with Crippen LogP contribution >= 0.6 is 0 Å². The third kappa shape index (κ3) is 7.68. The third-order valence-electron chi connectivity index (χ3n) is 8.27. The summed E-state index contributed by atoms with van der Waals surface area (Å²) in [6, 6.07) is 19.7. The molecule has 2 heterocycles. The molecule has 0 saturated carbocycles. The van der Waals surface area contributed by atoms with Crippen molar-refractivity contribution in [1.82, 2.24) is 20.5 Å². The van der Waals surface area contributed by atoms with E-state index in [1.54, 1.807) is 18.3 Å². The van der Waals surface area contributed by atoms with Gasteiger partial charge in [-0.05, 0) is 47.7 Å². The van der Waals surface area contributed by atoms with Crippen LogP contribution in [0.3, 0.4) is 0 Å². The first-order chi connectivity index (χ1) is 21.7. The molecule has 4 amide bonds. The largest absolute Gasteiger partial charge is 0.508 e. The summed E-state index contributed by atoms with van der Waals surface area (Å²) in [6.45, 7) is 0.388. The predicted molar refractivity (Wildman–Crippen MR) is 170 cm³/mol. The van der Waals surface area contributed by atoms with Crippen LogP contribution in [-0.4, -0.2) is 63.3 Å². The van der Waals surface area contributed by atoms with Crippen LogP contribution in [0, 0.1) is 0 Å². The highest BCUT2D eigenvalue weighted by molar-refractivity contribution is 5.95. The lowest BCUT2D eigenvalue weighted by Gasteiger charge is -2.28. The molecule has 11 heteroatoms. The number of H-pyrrole nitrogens is 1. The SMILES string of the molecule is NC(=O)C(Cc1ccccc1)NC(=O)C(Cc1c[nH]c2ccccc12)NC(=O)C1CCCN1C(=O)CC(N)c1ccc(O)cc1. The minimum Gasteiger partial charge on any atom is -0.508 e. The van der Waals surface area contributed by atoms with Gasteiger partial charge in [0.2, 0.25) is 23.6 Å². The number of aromatic nitrogens is 1. The fourth-order valence-corrected chi connectivity index (χ4v) is 5.83. The molecule has 1 aliphatic heterocycles.